The second-order valence-electron chi connectivity index (χ2n) is 4.21. The topological polar surface area (TPSA) is 106 Å². The normalized spacial score (nSPS) is 13.4. The van der Waals surface area contributed by atoms with E-state index in [1.54, 1.807) is 6.92 Å². The first-order chi connectivity index (χ1) is 9.38. The summed E-state index contributed by atoms with van der Waals surface area (Å²) < 4.78 is 21.3. The standard InChI is InChI=1S/C12H26N2O5Si/c1-6-10(20(16-3,17-4)18-5)9(2)12(15)19-8-7-11(13)14/h11H,6-8,13-14H2,1-5H3. The van der Waals surface area contributed by atoms with Gasteiger partial charge in [-0.3, -0.25) is 0 Å². The summed E-state index contributed by atoms with van der Waals surface area (Å²) in [6.07, 6.45) is 0.476. The summed E-state index contributed by atoms with van der Waals surface area (Å²) in [5, 5.41) is 0.701. The minimum atomic E-state index is -3.00. The maximum absolute atomic E-state index is 12.0. The van der Waals surface area contributed by atoms with Crippen LogP contribution >= 0.6 is 0 Å². The Bertz CT molecular complexity index is 334. The van der Waals surface area contributed by atoms with Crippen molar-refractivity contribution in [2.45, 2.75) is 32.9 Å². The number of hydrogen-bond donors (Lipinski definition) is 2. The fourth-order valence-corrected chi connectivity index (χ4v) is 4.08. The lowest BCUT2D eigenvalue weighted by Gasteiger charge is -2.27. The molecule has 7 nitrogen and oxygen atoms in total. The van der Waals surface area contributed by atoms with Crippen molar-refractivity contribution in [2.75, 3.05) is 27.9 Å². The van der Waals surface area contributed by atoms with Gasteiger partial charge in [-0.1, -0.05) is 6.92 Å². The minimum Gasteiger partial charge on any atom is -0.462 e. The Labute approximate surface area is 121 Å². The lowest BCUT2D eigenvalue weighted by molar-refractivity contribution is -0.139. The molecule has 0 aliphatic rings. The Morgan fingerprint density at radius 1 is 1.15 bits per heavy atom. The zero-order valence-corrected chi connectivity index (χ0v) is 13.9. The van der Waals surface area contributed by atoms with E-state index in [4.69, 9.17) is 29.5 Å². The van der Waals surface area contributed by atoms with Gasteiger partial charge in [0.05, 0.1) is 12.8 Å². The van der Waals surface area contributed by atoms with Gasteiger partial charge in [0.25, 0.3) is 0 Å². The molecule has 0 saturated heterocycles. The molecule has 0 radical (unpaired) electrons. The highest BCUT2D eigenvalue weighted by atomic mass is 28.4. The van der Waals surface area contributed by atoms with E-state index in [1.165, 1.54) is 21.3 Å². The van der Waals surface area contributed by atoms with Crippen LogP contribution in [0.3, 0.4) is 0 Å². The predicted octanol–water partition coefficient (Wildman–Crippen LogP) is 0.307. The molecule has 0 spiro atoms. The van der Waals surface area contributed by atoms with Crippen LogP contribution in [0.1, 0.15) is 26.7 Å². The maximum atomic E-state index is 12.0. The Hall–Kier alpha value is -0.773. The Morgan fingerprint density at radius 3 is 2.00 bits per heavy atom. The van der Waals surface area contributed by atoms with Crippen LogP contribution < -0.4 is 11.5 Å². The van der Waals surface area contributed by atoms with Gasteiger partial charge in [0.2, 0.25) is 0 Å². The third-order valence-electron chi connectivity index (χ3n) is 2.97. The monoisotopic (exact) mass is 306 g/mol. The van der Waals surface area contributed by atoms with Crippen molar-refractivity contribution in [3.05, 3.63) is 10.8 Å². The van der Waals surface area contributed by atoms with E-state index >= 15 is 0 Å². The van der Waals surface area contributed by atoms with E-state index in [-0.39, 0.29) is 6.61 Å². The van der Waals surface area contributed by atoms with Crippen LogP contribution in [-0.4, -0.2) is 48.9 Å². The third-order valence-corrected chi connectivity index (χ3v) is 6.05. The van der Waals surface area contributed by atoms with Gasteiger partial charge < -0.3 is 29.5 Å². The Morgan fingerprint density at radius 2 is 1.65 bits per heavy atom. The molecule has 0 fully saturated rings. The van der Waals surface area contributed by atoms with Crippen molar-refractivity contribution in [1.29, 1.82) is 0 Å². The quantitative estimate of drug-likeness (QED) is 0.273. The molecule has 0 aliphatic carbocycles. The van der Waals surface area contributed by atoms with Crippen LogP contribution in [0.2, 0.25) is 0 Å². The Kier molecular flexibility index (Phi) is 8.86. The molecule has 0 heterocycles. The SMILES string of the molecule is CCC(=C(C)C(=O)OCCC(N)N)[Si](OC)(OC)OC. The summed E-state index contributed by atoms with van der Waals surface area (Å²) in [6, 6.07) is 0. The molecular formula is C12H26N2O5Si. The summed E-state index contributed by atoms with van der Waals surface area (Å²) >= 11 is 0. The van der Waals surface area contributed by atoms with E-state index in [0.717, 1.165) is 0 Å². The van der Waals surface area contributed by atoms with Crippen molar-refractivity contribution >= 4 is 14.8 Å². The molecule has 0 aromatic carbocycles. The highest BCUT2D eigenvalue weighted by Gasteiger charge is 2.44. The zero-order chi connectivity index (χ0) is 15.8. The summed E-state index contributed by atoms with van der Waals surface area (Å²) in [6.45, 7) is 3.75. The van der Waals surface area contributed by atoms with E-state index in [2.05, 4.69) is 0 Å². The number of allylic oxidation sites excluding steroid dienone is 1. The number of ether oxygens (including phenoxy) is 1. The zero-order valence-electron chi connectivity index (χ0n) is 12.9. The van der Waals surface area contributed by atoms with E-state index < -0.39 is 20.9 Å². The molecular weight excluding hydrogens is 280 g/mol. The largest absolute Gasteiger partial charge is 0.532 e. The van der Waals surface area contributed by atoms with Crippen LogP contribution in [0.4, 0.5) is 0 Å². The number of esters is 1. The fraction of sp³-hybridized carbons (Fsp3) is 0.750. The van der Waals surface area contributed by atoms with Gasteiger partial charge >= 0.3 is 14.8 Å². The van der Waals surface area contributed by atoms with Crippen LogP contribution in [0.15, 0.2) is 10.8 Å². The lowest BCUT2D eigenvalue weighted by atomic mass is 10.2. The molecule has 0 saturated carbocycles. The first kappa shape index (κ1) is 19.2. The molecule has 0 rings (SSSR count). The molecule has 0 atom stereocenters. The highest BCUT2D eigenvalue weighted by Crippen LogP contribution is 2.24. The van der Waals surface area contributed by atoms with Gasteiger partial charge in [0.15, 0.2) is 0 Å². The van der Waals surface area contributed by atoms with Crippen LogP contribution in [-0.2, 0) is 22.8 Å². The number of carbonyl (C=O) groups is 1. The average molecular weight is 306 g/mol. The molecule has 0 amide bonds. The second-order valence-corrected chi connectivity index (χ2v) is 7.15. The van der Waals surface area contributed by atoms with Crippen LogP contribution in [0.25, 0.3) is 0 Å². The smallest absolute Gasteiger partial charge is 0.462 e. The van der Waals surface area contributed by atoms with Crippen molar-refractivity contribution < 1.29 is 22.8 Å². The average Bonchev–Trinajstić information content (AvgIpc) is 2.43. The fourth-order valence-electron chi connectivity index (χ4n) is 1.85. The van der Waals surface area contributed by atoms with Gasteiger partial charge in [0, 0.05) is 38.5 Å². The van der Waals surface area contributed by atoms with E-state index in [0.29, 0.717) is 23.6 Å². The molecule has 0 aromatic rings. The maximum Gasteiger partial charge on any atom is 0.532 e. The molecule has 4 N–H and O–H groups in total. The van der Waals surface area contributed by atoms with Gasteiger partial charge in [-0.05, 0) is 13.3 Å². The van der Waals surface area contributed by atoms with Crippen molar-refractivity contribution in [1.82, 2.24) is 0 Å². The van der Waals surface area contributed by atoms with Crippen LogP contribution in [0.5, 0.6) is 0 Å². The summed E-state index contributed by atoms with van der Waals surface area (Å²) in [5.74, 6) is -0.439. The minimum absolute atomic E-state index is 0.173. The first-order valence-electron chi connectivity index (χ1n) is 6.42. The van der Waals surface area contributed by atoms with Gasteiger partial charge in [0.1, 0.15) is 0 Å². The van der Waals surface area contributed by atoms with Crippen molar-refractivity contribution in [3.63, 3.8) is 0 Å². The van der Waals surface area contributed by atoms with Gasteiger partial charge in [-0.2, -0.15) is 0 Å². The molecule has 0 bridgehead atoms. The van der Waals surface area contributed by atoms with Gasteiger partial charge in [-0.25, -0.2) is 4.79 Å². The predicted molar refractivity (Wildman–Crippen MR) is 77.5 cm³/mol. The number of hydrogen-bond acceptors (Lipinski definition) is 7. The summed E-state index contributed by atoms with van der Waals surface area (Å²) in [4.78, 5) is 12.0. The number of carbonyl (C=O) groups excluding carboxylic acids is 1. The molecule has 0 aliphatic heterocycles. The molecule has 118 valence electrons. The van der Waals surface area contributed by atoms with Crippen molar-refractivity contribution in [2.24, 2.45) is 11.5 Å². The van der Waals surface area contributed by atoms with E-state index in [9.17, 15) is 4.79 Å². The van der Waals surface area contributed by atoms with Crippen molar-refractivity contribution in [3.8, 4) is 0 Å². The lowest BCUT2D eigenvalue weighted by Crippen LogP contribution is -2.46. The summed E-state index contributed by atoms with van der Waals surface area (Å²) in [7, 11) is 1.50. The number of rotatable bonds is 9. The van der Waals surface area contributed by atoms with E-state index in [1.807, 2.05) is 6.92 Å². The Balaban J connectivity index is 5.09. The molecule has 20 heavy (non-hydrogen) atoms. The molecule has 8 heteroatoms. The third kappa shape index (κ3) is 4.96. The van der Waals surface area contributed by atoms with Gasteiger partial charge in [-0.15, -0.1) is 0 Å². The number of nitrogens with two attached hydrogens (primary N) is 2. The molecule has 0 aromatic heterocycles. The molecule has 0 unspecified atom stereocenters. The highest BCUT2D eigenvalue weighted by molar-refractivity contribution is 6.69. The van der Waals surface area contributed by atoms with Crippen LogP contribution in [0, 0.1) is 0 Å². The first-order valence-corrected chi connectivity index (χ1v) is 8.14. The second kappa shape index (κ2) is 9.22. The summed E-state index contributed by atoms with van der Waals surface area (Å²) in [5.41, 5.74) is 11.2.